The zero-order valence-electron chi connectivity index (χ0n) is 37.2. The molecular formula is C55H61N3O+2. The maximum atomic E-state index is 7.12. The van der Waals surface area contributed by atoms with Gasteiger partial charge in [-0.2, -0.15) is 9.13 Å². The number of aromatic nitrogens is 3. The molecule has 0 aliphatic carbocycles. The Bertz CT molecular complexity index is 2820. The van der Waals surface area contributed by atoms with Gasteiger partial charge >= 0.3 is 0 Å². The van der Waals surface area contributed by atoms with Crippen molar-refractivity contribution >= 4 is 27.8 Å². The second-order valence-electron chi connectivity index (χ2n) is 19.7. The molecule has 2 aliphatic heterocycles. The van der Waals surface area contributed by atoms with Crippen molar-refractivity contribution in [3.63, 3.8) is 0 Å². The van der Waals surface area contributed by atoms with E-state index in [1.54, 1.807) is 0 Å². The van der Waals surface area contributed by atoms with Crippen LogP contribution in [0.25, 0.3) is 61.5 Å². The summed E-state index contributed by atoms with van der Waals surface area (Å²) in [6.07, 6.45) is 8.56. The van der Waals surface area contributed by atoms with Gasteiger partial charge < -0.3 is 4.42 Å². The Labute approximate surface area is 351 Å². The average molecular weight is 780 g/mol. The monoisotopic (exact) mass is 779 g/mol. The van der Waals surface area contributed by atoms with Crippen molar-refractivity contribution in [1.29, 1.82) is 0 Å². The third kappa shape index (κ3) is 6.73. The van der Waals surface area contributed by atoms with E-state index in [4.69, 9.17) is 16.0 Å². The van der Waals surface area contributed by atoms with Crippen LogP contribution in [0.4, 0.5) is 0 Å². The van der Waals surface area contributed by atoms with E-state index in [1.807, 2.05) is 0 Å². The van der Waals surface area contributed by atoms with Crippen molar-refractivity contribution in [2.24, 2.45) is 5.41 Å². The maximum absolute atomic E-state index is 7.12. The molecule has 4 aromatic heterocycles. The first-order chi connectivity index (χ1) is 28.1. The molecule has 4 heteroatoms. The summed E-state index contributed by atoms with van der Waals surface area (Å²) in [7, 11) is 0. The Kier molecular flexibility index (Phi) is 9.57. The number of allylic oxidation sites excluding steroid dienone is 1. The minimum absolute atomic E-state index is 0.134. The fourth-order valence-corrected chi connectivity index (χ4v) is 10.3. The number of fused-ring (bicyclic) bond motifs is 13. The van der Waals surface area contributed by atoms with Gasteiger partial charge in [-0.1, -0.05) is 96.5 Å². The van der Waals surface area contributed by atoms with Crippen LogP contribution in [0.1, 0.15) is 135 Å². The van der Waals surface area contributed by atoms with E-state index < -0.39 is 0 Å². The van der Waals surface area contributed by atoms with Gasteiger partial charge in [0, 0.05) is 58.0 Å². The van der Waals surface area contributed by atoms with E-state index >= 15 is 0 Å². The van der Waals surface area contributed by atoms with E-state index in [2.05, 4.69) is 170 Å². The molecule has 0 saturated heterocycles. The molecule has 0 radical (unpaired) electrons. The van der Waals surface area contributed by atoms with Crippen LogP contribution in [0.2, 0.25) is 0 Å². The Morgan fingerprint density at radius 2 is 1.49 bits per heavy atom. The van der Waals surface area contributed by atoms with Crippen molar-refractivity contribution in [3.8, 4) is 33.8 Å². The average Bonchev–Trinajstić information content (AvgIpc) is 3.55. The summed E-state index contributed by atoms with van der Waals surface area (Å²) in [6, 6.07) is 28.0. The summed E-state index contributed by atoms with van der Waals surface area (Å²) in [5, 5.41) is 2.16. The zero-order valence-corrected chi connectivity index (χ0v) is 37.2. The van der Waals surface area contributed by atoms with Crippen molar-refractivity contribution in [3.05, 3.63) is 142 Å². The normalized spacial score (nSPS) is 16.6. The zero-order chi connectivity index (χ0) is 41.7. The predicted molar refractivity (Wildman–Crippen MR) is 245 cm³/mol. The fraction of sp³-hybridized carbons (Fsp3) is 0.364. The minimum Gasteiger partial charge on any atom is -0.437 e. The molecule has 0 saturated carbocycles. The van der Waals surface area contributed by atoms with Crippen LogP contribution in [-0.4, -0.2) is 4.98 Å². The highest BCUT2D eigenvalue weighted by molar-refractivity contribution is 6.09. The molecule has 3 aromatic carbocycles. The molecule has 6 heterocycles. The summed E-state index contributed by atoms with van der Waals surface area (Å²) >= 11 is 0. The SMILES string of the molecule is C=C1CC2c3cc(C)ccc3-c3cc(C)c(C)c[n+]3C2CCc2ccc3c(oc4nc(-c5c(C(C)C)cccc5C(C)C)ccc43)c2-c2cc(C)c(CC(C)(C)C)c[n+]21. The topological polar surface area (TPSA) is 33.8 Å². The van der Waals surface area contributed by atoms with E-state index in [1.165, 1.54) is 66.9 Å². The smallest absolute Gasteiger partial charge is 0.227 e. The number of nitrogens with zero attached hydrogens (tertiary/aromatic N) is 3. The number of aryl methyl sites for hydroxylation is 5. The molecule has 9 rings (SSSR count). The fourth-order valence-electron chi connectivity index (χ4n) is 10.3. The molecule has 7 aromatic rings. The number of benzene rings is 3. The highest BCUT2D eigenvalue weighted by Gasteiger charge is 2.43. The summed E-state index contributed by atoms with van der Waals surface area (Å²) in [6.45, 7) is 30.1. The molecule has 0 fully saturated rings. The first kappa shape index (κ1) is 39.1. The van der Waals surface area contributed by atoms with E-state index in [0.717, 1.165) is 64.7 Å². The predicted octanol–water partition coefficient (Wildman–Crippen LogP) is 13.8. The second-order valence-corrected chi connectivity index (χ2v) is 19.7. The number of rotatable bonds is 4. The molecule has 2 atom stereocenters. The largest absolute Gasteiger partial charge is 0.437 e. The maximum Gasteiger partial charge on any atom is 0.227 e. The summed E-state index contributed by atoms with van der Waals surface area (Å²) in [5.41, 5.74) is 22.1. The molecule has 2 aliphatic rings. The molecule has 4 nitrogen and oxygen atoms in total. The van der Waals surface area contributed by atoms with Gasteiger partial charge in [-0.05, 0) is 116 Å². The van der Waals surface area contributed by atoms with Crippen LogP contribution in [0.15, 0.2) is 96.2 Å². The molecule has 0 bridgehead atoms. The van der Waals surface area contributed by atoms with Crippen molar-refractivity contribution < 1.29 is 13.6 Å². The van der Waals surface area contributed by atoms with Gasteiger partial charge in [0.05, 0.1) is 17.2 Å². The molecule has 0 N–H and O–H groups in total. The van der Waals surface area contributed by atoms with E-state index in [9.17, 15) is 0 Å². The minimum atomic E-state index is 0.134. The lowest BCUT2D eigenvalue weighted by Crippen LogP contribution is -2.49. The lowest BCUT2D eigenvalue weighted by atomic mass is 9.76. The third-order valence-electron chi connectivity index (χ3n) is 13.4. The van der Waals surface area contributed by atoms with Gasteiger partial charge in [0.25, 0.3) is 0 Å². The number of pyridine rings is 3. The van der Waals surface area contributed by atoms with Gasteiger partial charge in [0.1, 0.15) is 0 Å². The number of hydrogen-bond acceptors (Lipinski definition) is 2. The molecule has 0 spiro atoms. The first-order valence-electron chi connectivity index (χ1n) is 21.9. The molecule has 300 valence electrons. The Morgan fingerprint density at radius 1 is 0.780 bits per heavy atom. The van der Waals surface area contributed by atoms with Gasteiger partial charge in [0.15, 0.2) is 29.7 Å². The van der Waals surface area contributed by atoms with Crippen molar-refractivity contribution in [2.45, 2.75) is 126 Å². The van der Waals surface area contributed by atoms with Gasteiger partial charge in [-0.25, -0.2) is 4.98 Å². The standard InChI is InChI=1S/C55H61N3O/c1-31(2)40-14-13-15-41(32(3)4)52(40)47-22-21-44-43-20-17-38-18-23-48-46(45-24-33(5)16-19-42(45)49-25-34(6)36(8)29-58(48)49)27-37(9)57-30-39(28-55(10,11)12)35(7)26-50(57)51(38)53(43)59-54(44)56-47/h13-17,19-22,24-26,29-32,46,48H,9,18,23,27-28H2,1-8,10-12H3/q+2. The molecule has 2 unspecified atom stereocenters. The van der Waals surface area contributed by atoms with E-state index in [0.29, 0.717) is 17.5 Å². The first-order valence-corrected chi connectivity index (χ1v) is 21.9. The highest BCUT2D eigenvalue weighted by atomic mass is 16.3. The van der Waals surface area contributed by atoms with Gasteiger partial charge in [-0.15, -0.1) is 0 Å². The molecular weight excluding hydrogens is 719 g/mol. The summed E-state index contributed by atoms with van der Waals surface area (Å²) < 4.78 is 12.2. The molecule has 0 amide bonds. The van der Waals surface area contributed by atoms with Crippen LogP contribution in [0.5, 0.6) is 0 Å². The van der Waals surface area contributed by atoms with Crippen LogP contribution >= 0.6 is 0 Å². The lowest BCUT2D eigenvalue weighted by molar-refractivity contribution is -0.719. The summed E-state index contributed by atoms with van der Waals surface area (Å²) in [4.78, 5) is 5.36. The van der Waals surface area contributed by atoms with Crippen LogP contribution in [-0.2, 0) is 12.8 Å². The third-order valence-corrected chi connectivity index (χ3v) is 13.4. The van der Waals surface area contributed by atoms with Crippen molar-refractivity contribution in [2.75, 3.05) is 0 Å². The van der Waals surface area contributed by atoms with Crippen LogP contribution in [0, 0.1) is 33.1 Å². The number of furan rings is 1. The van der Waals surface area contributed by atoms with E-state index in [-0.39, 0.29) is 17.4 Å². The highest BCUT2D eigenvalue weighted by Crippen LogP contribution is 2.47. The Morgan fingerprint density at radius 3 is 2.20 bits per heavy atom. The number of hydrogen-bond donors (Lipinski definition) is 0. The molecule has 59 heavy (non-hydrogen) atoms. The van der Waals surface area contributed by atoms with Crippen molar-refractivity contribution in [1.82, 2.24) is 4.98 Å². The van der Waals surface area contributed by atoms with Gasteiger partial charge in [-0.3, -0.25) is 0 Å². The summed E-state index contributed by atoms with van der Waals surface area (Å²) in [5.74, 6) is 1.02. The van der Waals surface area contributed by atoms with Crippen LogP contribution in [0.3, 0.4) is 0 Å². The second kappa shape index (κ2) is 14.4. The Hall–Kier alpha value is -5.35. The van der Waals surface area contributed by atoms with Crippen LogP contribution < -0.4 is 9.13 Å². The Balaban J connectivity index is 1.29. The van der Waals surface area contributed by atoms with Gasteiger partial charge in [0.2, 0.25) is 17.1 Å². The lowest BCUT2D eigenvalue weighted by Gasteiger charge is -2.32. The quantitative estimate of drug-likeness (QED) is 0.167.